The van der Waals surface area contributed by atoms with Gasteiger partial charge in [0.25, 0.3) is 6.47 Å². The zero-order chi connectivity index (χ0) is 14.5. The second-order valence-electron chi connectivity index (χ2n) is 4.18. The van der Waals surface area contributed by atoms with E-state index in [1.54, 1.807) is 0 Å². The molecule has 2 unspecified atom stereocenters. The van der Waals surface area contributed by atoms with Gasteiger partial charge in [-0.2, -0.15) is 0 Å². The minimum atomic E-state index is -0.250. The zero-order valence-electron chi connectivity index (χ0n) is 11.4. The first-order valence-corrected chi connectivity index (χ1v) is 6.35. The van der Waals surface area contributed by atoms with Crippen molar-refractivity contribution in [1.29, 1.82) is 0 Å². The lowest BCUT2D eigenvalue weighted by molar-refractivity contribution is -0.122. The highest BCUT2D eigenvalue weighted by atomic mass is 16.5. The van der Waals surface area contributed by atoms with Crippen LogP contribution in [-0.4, -0.2) is 30.8 Å². The molecule has 19 heavy (non-hydrogen) atoms. The Kier molecular flexibility index (Phi) is 10.8. The predicted octanol–water partition coefficient (Wildman–Crippen LogP) is 1.53. The molecule has 5 heteroatoms. The van der Waals surface area contributed by atoms with Gasteiger partial charge in [-0.1, -0.05) is 30.3 Å². The Morgan fingerprint density at radius 2 is 1.95 bits per heavy atom. The third kappa shape index (κ3) is 9.18. The molecule has 0 aliphatic carbocycles. The Labute approximate surface area is 114 Å². The van der Waals surface area contributed by atoms with E-state index in [-0.39, 0.29) is 18.6 Å². The minimum absolute atomic E-state index is 0.0923. The van der Waals surface area contributed by atoms with E-state index >= 15 is 0 Å². The average molecular weight is 268 g/mol. The second-order valence-corrected chi connectivity index (χ2v) is 4.18. The maximum atomic E-state index is 8.36. The summed E-state index contributed by atoms with van der Waals surface area (Å²) in [5.74, 6) is 0. The summed E-state index contributed by atoms with van der Waals surface area (Å²) in [6.07, 6.45) is 1.99. The molecular formula is C14H24N2O3. The van der Waals surface area contributed by atoms with E-state index in [4.69, 9.17) is 26.1 Å². The monoisotopic (exact) mass is 268 g/mol. The average Bonchev–Trinajstić information content (AvgIpc) is 2.44. The van der Waals surface area contributed by atoms with Crippen molar-refractivity contribution >= 4 is 6.47 Å². The van der Waals surface area contributed by atoms with Gasteiger partial charge in [0.15, 0.2) is 0 Å². The molecule has 1 aromatic carbocycles. The van der Waals surface area contributed by atoms with Crippen molar-refractivity contribution in [1.82, 2.24) is 0 Å². The van der Waals surface area contributed by atoms with E-state index in [2.05, 4.69) is 12.1 Å². The number of ether oxygens (including phenoxy) is 1. The minimum Gasteiger partial charge on any atom is -0.483 e. The van der Waals surface area contributed by atoms with Crippen LogP contribution in [0.1, 0.15) is 31.4 Å². The van der Waals surface area contributed by atoms with Crippen molar-refractivity contribution in [2.24, 2.45) is 11.5 Å². The molecule has 0 saturated carbocycles. The van der Waals surface area contributed by atoms with Crippen molar-refractivity contribution in [2.45, 2.75) is 31.9 Å². The van der Waals surface area contributed by atoms with E-state index < -0.39 is 0 Å². The van der Waals surface area contributed by atoms with Crippen LogP contribution in [0.3, 0.4) is 0 Å². The molecule has 0 heterocycles. The van der Waals surface area contributed by atoms with Crippen molar-refractivity contribution in [2.75, 3.05) is 13.2 Å². The summed E-state index contributed by atoms with van der Waals surface area (Å²) in [6, 6.07) is 10.3. The summed E-state index contributed by atoms with van der Waals surface area (Å²) in [4.78, 5) is 8.36. The molecule has 0 bridgehead atoms. The molecule has 0 saturated heterocycles. The molecule has 0 amide bonds. The molecule has 2 atom stereocenters. The van der Waals surface area contributed by atoms with Gasteiger partial charge >= 0.3 is 0 Å². The fourth-order valence-electron chi connectivity index (χ4n) is 1.55. The molecule has 0 radical (unpaired) electrons. The predicted molar refractivity (Wildman–Crippen MR) is 75.8 cm³/mol. The van der Waals surface area contributed by atoms with Crippen LogP contribution in [0.5, 0.6) is 0 Å². The third-order valence-electron chi connectivity index (χ3n) is 2.61. The highest BCUT2D eigenvalue weighted by Gasteiger charge is 2.08. The number of hydrogen-bond donors (Lipinski definition) is 3. The number of carboxylic acid groups (broad SMARTS) is 1. The summed E-state index contributed by atoms with van der Waals surface area (Å²) in [7, 11) is 0. The fourth-order valence-corrected chi connectivity index (χ4v) is 1.55. The lowest BCUT2D eigenvalue weighted by Gasteiger charge is -2.17. The van der Waals surface area contributed by atoms with Crippen LogP contribution in [0.4, 0.5) is 0 Å². The number of carbonyl (C=O) groups is 1. The molecule has 108 valence electrons. The lowest BCUT2D eigenvalue weighted by atomic mass is 10.1. The third-order valence-corrected chi connectivity index (χ3v) is 2.61. The van der Waals surface area contributed by atoms with E-state index in [9.17, 15) is 0 Å². The van der Waals surface area contributed by atoms with Crippen LogP contribution in [0, 0.1) is 0 Å². The molecule has 1 aromatic rings. The van der Waals surface area contributed by atoms with Crippen molar-refractivity contribution in [3.8, 4) is 0 Å². The number of nitrogens with two attached hydrogens (primary N) is 2. The van der Waals surface area contributed by atoms with Gasteiger partial charge in [-0.15, -0.1) is 0 Å². The summed E-state index contributed by atoms with van der Waals surface area (Å²) in [6.45, 7) is 3.09. The Hall–Kier alpha value is -1.43. The standard InChI is InChI=1S/C13H22N2O.CH2O2/c1-11(12-6-3-2-4-7-12)16-10-13(15)8-5-9-14;2-1-3/h2-4,6-7,11,13H,5,8-10,14-15H2,1H3;1H,(H,2,3). The molecule has 1 rings (SSSR count). The highest BCUT2D eigenvalue weighted by Crippen LogP contribution is 2.16. The Morgan fingerprint density at radius 3 is 2.47 bits per heavy atom. The SMILES string of the molecule is CC(OCC(N)CCCN)c1ccccc1.O=CO. The van der Waals surface area contributed by atoms with Gasteiger partial charge in [0.2, 0.25) is 0 Å². The molecule has 5 N–H and O–H groups in total. The Bertz CT molecular complexity index is 320. The molecule has 0 aromatic heterocycles. The van der Waals surface area contributed by atoms with Crippen LogP contribution in [-0.2, 0) is 9.53 Å². The van der Waals surface area contributed by atoms with Crippen LogP contribution < -0.4 is 11.5 Å². The smallest absolute Gasteiger partial charge is 0.290 e. The molecule has 0 aliphatic heterocycles. The van der Waals surface area contributed by atoms with Gasteiger partial charge in [0, 0.05) is 6.04 Å². The maximum Gasteiger partial charge on any atom is 0.290 e. The second kappa shape index (κ2) is 11.6. The first kappa shape index (κ1) is 17.6. The van der Waals surface area contributed by atoms with Gasteiger partial charge in [-0.25, -0.2) is 0 Å². The van der Waals surface area contributed by atoms with E-state index in [1.807, 2.05) is 25.1 Å². The van der Waals surface area contributed by atoms with Crippen molar-refractivity contribution in [3.63, 3.8) is 0 Å². The Balaban J connectivity index is 0.000000982. The lowest BCUT2D eigenvalue weighted by Crippen LogP contribution is -2.27. The summed E-state index contributed by atoms with van der Waals surface area (Å²) < 4.78 is 5.72. The number of hydrogen-bond acceptors (Lipinski definition) is 4. The van der Waals surface area contributed by atoms with E-state index in [1.165, 1.54) is 5.56 Å². The van der Waals surface area contributed by atoms with Crippen LogP contribution in [0.2, 0.25) is 0 Å². The van der Waals surface area contributed by atoms with Crippen molar-refractivity contribution in [3.05, 3.63) is 35.9 Å². The van der Waals surface area contributed by atoms with Gasteiger partial charge in [-0.05, 0) is 31.9 Å². The largest absolute Gasteiger partial charge is 0.483 e. The van der Waals surface area contributed by atoms with Gasteiger partial charge in [0.05, 0.1) is 12.7 Å². The molecular weight excluding hydrogens is 244 g/mol. The van der Waals surface area contributed by atoms with Gasteiger partial charge in [0.1, 0.15) is 0 Å². The summed E-state index contributed by atoms with van der Waals surface area (Å²) >= 11 is 0. The maximum absolute atomic E-state index is 8.36. The molecule has 0 spiro atoms. The van der Waals surface area contributed by atoms with E-state index in [0.29, 0.717) is 13.2 Å². The fraction of sp³-hybridized carbons (Fsp3) is 0.500. The molecule has 0 fully saturated rings. The Morgan fingerprint density at radius 1 is 1.37 bits per heavy atom. The molecule has 0 aliphatic rings. The summed E-state index contributed by atoms with van der Waals surface area (Å²) in [5.41, 5.74) is 12.5. The summed E-state index contributed by atoms with van der Waals surface area (Å²) in [5, 5.41) is 6.89. The van der Waals surface area contributed by atoms with E-state index in [0.717, 1.165) is 12.8 Å². The van der Waals surface area contributed by atoms with Gasteiger partial charge < -0.3 is 21.3 Å². The quantitative estimate of drug-likeness (QED) is 0.651. The first-order valence-electron chi connectivity index (χ1n) is 6.35. The number of rotatable bonds is 7. The number of benzene rings is 1. The molecule has 5 nitrogen and oxygen atoms in total. The van der Waals surface area contributed by atoms with Gasteiger partial charge in [-0.3, -0.25) is 4.79 Å². The first-order chi connectivity index (χ1) is 9.15. The normalized spacial score (nSPS) is 13.0. The van der Waals surface area contributed by atoms with Crippen molar-refractivity contribution < 1.29 is 14.6 Å². The zero-order valence-corrected chi connectivity index (χ0v) is 11.4. The van der Waals surface area contributed by atoms with Crippen LogP contribution >= 0.6 is 0 Å². The topological polar surface area (TPSA) is 98.6 Å². The highest BCUT2D eigenvalue weighted by molar-refractivity contribution is 5.32. The van der Waals surface area contributed by atoms with Crippen LogP contribution in [0.15, 0.2) is 30.3 Å². The van der Waals surface area contributed by atoms with Crippen LogP contribution in [0.25, 0.3) is 0 Å².